The van der Waals surface area contributed by atoms with Crippen LogP contribution in [-0.2, 0) is 11.3 Å². The molecule has 1 aromatic heterocycles. The molecule has 6 heteroatoms. The SMILES string of the molecule is Cc1ccc(CNC(=O)C(C)C2CCN(C(=O)c3ccc4oc(-c5ccc(C)cc5)nc4c3)CC2)cc1. The number of fused-ring (bicyclic) bond motifs is 1. The van der Waals surface area contributed by atoms with E-state index in [0.29, 0.717) is 42.2 Å². The van der Waals surface area contributed by atoms with Crippen LogP contribution < -0.4 is 5.32 Å². The lowest BCUT2D eigenvalue weighted by Crippen LogP contribution is -2.42. The van der Waals surface area contributed by atoms with Crippen molar-refractivity contribution in [2.45, 2.75) is 40.2 Å². The maximum Gasteiger partial charge on any atom is 0.253 e. The lowest BCUT2D eigenvalue weighted by molar-refractivity contribution is -0.126. The van der Waals surface area contributed by atoms with Gasteiger partial charge < -0.3 is 14.6 Å². The molecule has 1 aliphatic rings. The highest BCUT2D eigenvalue weighted by molar-refractivity contribution is 5.97. The molecule has 1 saturated heterocycles. The van der Waals surface area contributed by atoms with Crippen molar-refractivity contribution in [2.24, 2.45) is 11.8 Å². The van der Waals surface area contributed by atoms with Gasteiger partial charge in [-0.15, -0.1) is 0 Å². The van der Waals surface area contributed by atoms with Gasteiger partial charge in [-0.2, -0.15) is 0 Å². The Morgan fingerprint density at radius 3 is 2.30 bits per heavy atom. The zero-order valence-electron chi connectivity index (χ0n) is 21.7. The summed E-state index contributed by atoms with van der Waals surface area (Å²) in [5.74, 6) is 0.796. The van der Waals surface area contributed by atoms with Crippen LogP contribution in [0.15, 0.2) is 71.1 Å². The van der Waals surface area contributed by atoms with E-state index in [1.165, 1.54) is 11.1 Å². The van der Waals surface area contributed by atoms with Crippen molar-refractivity contribution < 1.29 is 14.0 Å². The van der Waals surface area contributed by atoms with Gasteiger partial charge in [0.15, 0.2) is 5.58 Å². The van der Waals surface area contributed by atoms with E-state index in [9.17, 15) is 9.59 Å². The van der Waals surface area contributed by atoms with Gasteiger partial charge in [0.1, 0.15) is 5.52 Å². The largest absolute Gasteiger partial charge is 0.436 e. The summed E-state index contributed by atoms with van der Waals surface area (Å²) in [6.45, 7) is 7.91. The molecule has 0 saturated carbocycles. The summed E-state index contributed by atoms with van der Waals surface area (Å²) >= 11 is 0. The molecule has 0 bridgehead atoms. The third-order valence-corrected chi connectivity index (χ3v) is 7.47. The van der Waals surface area contributed by atoms with E-state index in [-0.39, 0.29) is 23.7 Å². The first-order chi connectivity index (χ1) is 17.9. The van der Waals surface area contributed by atoms with Crippen LogP contribution >= 0.6 is 0 Å². The number of nitrogens with zero attached hydrogens (tertiary/aromatic N) is 2. The number of hydrogen-bond donors (Lipinski definition) is 1. The third kappa shape index (κ3) is 5.58. The lowest BCUT2D eigenvalue weighted by atomic mass is 9.84. The van der Waals surface area contributed by atoms with E-state index in [1.807, 2.05) is 73.3 Å². The molecular formula is C31H33N3O3. The molecule has 37 heavy (non-hydrogen) atoms. The molecule has 0 spiro atoms. The van der Waals surface area contributed by atoms with Crippen LogP contribution in [0.2, 0.25) is 0 Å². The van der Waals surface area contributed by atoms with Crippen molar-refractivity contribution in [3.05, 3.63) is 89.0 Å². The summed E-state index contributed by atoms with van der Waals surface area (Å²) in [5, 5.41) is 3.07. The van der Waals surface area contributed by atoms with Gasteiger partial charge in [-0.3, -0.25) is 9.59 Å². The van der Waals surface area contributed by atoms with Gasteiger partial charge in [-0.1, -0.05) is 54.4 Å². The topological polar surface area (TPSA) is 75.4 Å². The highest BCUT2D eigenvalue weighted by Crippen LogP contribution is 2.28. The summed E-state index contributed by atoms with van der Waals surface area (Å²) in [5.41, 5.74) is 6.34. The Morgan fingerprint density at radius 2 is 1.62 bits per heavy atom. The Bertz CT molecular complexity index is 1400. The van der Waals surface area contributed by atoms with Crippen LogP contribution in [0, 0.1) is 25.7 Å². The number of nitrogens with one attached hydrogen (secondary N) is 1. The number of amides is 2. The molecule has 3 aromatic carbocycles. The number of oxazole rings is 1. The van der Waals surface area contributed by atoms with Gasteiger partial charge in [0.25, 0.3) is 5.91 Å². The Labute approximate surface area is 217 Å². The second-order valence-electron chi connectivity index (χ2n) is 10.2. The van der Waals surface area contributed by atoms with E-state index >= 15 is 0 Å². The molecule has 2 heterocycles. The summed E-state index contributed by atoms with van der Waals surface area (Å²) in [4.78, 5) is 32.5. The molecule has 0 aliphatic carbocycles. The Kier molecular flexibility index (Phi) is 7.08. The first-order valence-electron chi connectivity index (χ1n) is 13.0. The van der Waals surface area contributed by atoms with Gasteiger partial charge in [0, 0.05) is 36.7 Å². The van der Waals surface area contributed by atoms with Crippen LogP contribution in [0.3, 0.4) is 0 Å². The minimum Gasteiger partial charge on any atom is -0.436 e. The van der Waals surface area contributed by atoms with Gasteiger partial charge in [-0.05, 0) is 68.5 Å². The van der Waals surface area contributed by atoms with Crippen LogP contribution in [-0.4, -0.2) is 34.8 Å². The molecule has 6 nitrogen and oxygen atoms in total. The van der Waals surface area contributed by atoms with Gasteiger partial charge in [-0.25, -0.2) is 4.98 Å². The number of carbonyl (C=O) groups is 2. The molecule has 1 atom stereocenters. The molecule has 1 aliphatic heterocycles. The van der Waals surface area contributed by atoms with Crippen molar-refractivity contribution in [1.82, 2.24) is 15.2 Å². The number of benzene rings is 3. The quantitative estimate of drug-likeness (QED) is 0.360. The Hall–Kier alpha value is -3.93. The van der Waals surface area contributed by atoms with Crippen molar-refractivity contribution in [3.8, 4) is 11.5 Å². The smallest absolute Gasteiger partial charge is 0.253 e. The molecular weight excluding hydrogens is 462 g/mol. The maximum atomic E-state index is 13.2. The highest BCUT2D eigenvalue weighted by atomic mass is 16.3. The number of hydrogen-bond acceptors (Lipinski definition) is 4. The number of aromatic nitrogens is 1. The molecule has 1 fully saturated rings. The predicted octanol–water partition coefficient (Wildman–Crippen LogP) is 5.92. The fraction of sp³-hybridized carbons (Fsp3) is 0.323. The second-order valence-corrected chi connectivity index (χ2v) is 10.2. The van der Waals surface area contributed by atoms with Gasteiger partial charge >= 0.3 is 0 Å². The van der Waals surface area contributed by atoms with Crippen molar-refractivity contribution in [3.63, 3.8) is 0 Å². The van der Waals surface area contributed by atoms with E-state index < -0.39 is 0 Å². The fourth-order valence-corrected chi connectivity index (χ4v) is 4.94. The monoisotopic (exact) mass is 495 g/mol. The summed E-state index contributed by atoms with van der Waals surface area (Å²) in [6, 6.07) is 21.7. The second kappa shape index (κ2) is 10.6. The van der Waals surface area contributed by atoms with Crippen LogP contribution in [0.1, 0.15) is 46.8 Å². The number of aryl methyl sites for hydroxylation is 2. The average Bonchev–Trinajstić information content (AvgIpc) is 3.36. The van der Waals surface area contributed by atoms with Crippen molar-refractivity contribution in [1.29, 1.82) is 0 Å². The third-order valence-electron chi connectivity index (χ3n) is 7.47. The van der Waals surface area contributed by atoms with E-state index in [2.05, 4.69) is 29.4 Å². The Morgan fingerprint density at radius 1 is 0.973 bits per heavy atom. The molecule has 190 valence electrons. The highest BCUT2D eigenvalue weighted by Gasteiger charge is 2.30. The number of carbonyl (C=O) groups excluding carboxylic acids is 2. The Balaban J connectivity index is 1.17. The average molecular weight is 496 g/mol. The van der Waals surface area contributed by atoms with Crippen molar-refractivity contribution >= 4 is 22.9 Å². The van der Waals surface area contributed by atoms with Crippen LogP contribution in [0.25, 0.3) is 22.6 Å². The molecule has 5 rings (SSSR count). The number of piperidine rings is 1. The van der Waals surface area contributed by atoms with E-state index in [0.717, 1.165) is 24.0 Å². The number of rotatable bonds is 6. The van der Waals surface area contributed by atoms with Crippen molar-refractivity contribution in [2.75, 3.05) is 13.1 Å². The normalized spacial score (nSPS) is 15.1. The molecule has 1 unspecified atom stereocenters. The molecule has 2 amide bonds. The molecule has 0 radical (unpaired) electrons. The summed E-state index contributed by atoms with van der Waals surface area (Å²) in [6.07, 6.45) is 1.63. The minimum absolute atomic E-state index is 0.00304. The van der Waals surface area contributed by atoms with Crippen LogP contribution in [0.5, 0.6) is 0 Å². The molecule has 4 aromatic rings. The van der Waals surface area contributed by atoms with Gasteiger partial charge in [0.05, 0.1) is 0 Å². The zero-order chi connectivity index (χ0) is 25.9. The van der Waals surface area contributed by atoms with Gasteiger partial charge in [0.2, 0.25) is 11.8 Å². The van der Waals surface area contributed by atoms with E-state index in [1.54, 1.807) is 0 Å². The fourth-order valence-electron chi connectivity index (χ4n) is 4.94. The first-order valence-corrected chi connectivity index (χ1v) is 13.0. The predicted molar refractivity (Wildman–Crippen MR) is 145 cm³/mol. The minimum atomic E-state index is -0.0885. The maximum absolute atomic E-state index is 13.2. The summed E-state index contributed by atoms with van der Waals surface area (Å²) in [7, 11) is 0. The van der Waals surface area contributed by atoms with E-state index in [4.69, 9.17) is 4.42 Å². The first kappa shape index (κ1) is 24.8. The van der Waals surface area contributed by atoms with Crippen LogP contribution in [0.4, 0.5) is 0 Å². The molecule has 1 N–H and O–H groups in total. The standard InChI is InChI=1S/C31H33N3O3/c1-20-4-8-23(9-5-20)19-32-29(35)22(3)24-14-16-34(17-15-24)31(36)26-12-13-28-27(18-26)33-30(37-28)25-10-6-21(2)7-11-25/h4-13,18,22,24H,14-17,19H2,1-3H3,(H,32,35). The number of likely N-dealkylation sites (tertiary alicyclic amines) is 1. The summed E-state index contributed by atoms with van der Waals surface area (Å²) < 4.78 is 5.92. The zero-order valence-corrected chi connectivity index (χ0v) is 21.7. The lowest BCUT2D eigenvalue weighted by Gasteiger charge is -2.34.